The van der Waals surface area contributed by atoms with Gasteiger partial charge in [-0.1, -0.05) is 34.6 Å². The highest BCUT2D eigenvalue weighted by Gasteiger charge is 2.12. The largest absolute Gasteiger partial charge is 0.378 e. The third-order valence-electron chi connectivity index (χ3n) is 1.95. The Balaban J connectivity index is 3.46. The molecule has 1 heteroatoms. The Bertz CT molecular complexity index is 122. The quantitative estimate of drug-likeness (QED) is 0.633. The minimum Gasteiger partial charge on any atom is -0.378 e. The zero-order chi connectivity index (χ0) is 10.5. The summed E-state index contributed by atoms with van der Waals surface area (Å²) in [6.07, 6.45) is 2.88. The van der Waals surface area contributed by atoms with Crippen LogP contribution in [-0.4, -0.2) is 12.7 Å². The van der Waals surface area contributed by atoms with E-state index >= 15 is 0 Å². The summed E-state index contributed by atoms with van der Waals surface area (Å²) in [5.74, 6) is 0.792. The van der Waals surface area contributed by atoms with Crippen LogP contribution in [0.3, 0.4) is 0 Å². The molecule has 1 unspecified atom stereocenters. The number of hydrogen-bond donors (Lipinski definition) is 0. The Morgan fingerprint density at radius 1 is 1.00 bits per heavy atom. The minimum absolute atomic E-state index is 0.298. The Morgan fingerprint density at radius 2 is 1.54 bits per heavy atom. The van der Waals surface area contributed by atoms with Gasteiger partial charge in [0.15, 0.2) is 0 Å². The molecule has 0 aromatic heterocycles. The lowest BCUT2D eigenvalue weighted by Gasteiger charge is -2.22. The molecule has 0 amide bonds. The maximum atomic E-state index is 5.76. The minimum atomic E-state index is 0.298. The monoisotopic (exact) mass is 186 g/mol. The first-order valence-corrected chi connectivity index (χ1v) is 5.43. The van der Waals surface area contributed by atoms with E-state index in [1.807, 2.05) is 0 Å². The van der Waals surface area contributed by atoms with Crippen LogP contribution in [0.4, 0.5) is 0 Å². The van der Waals surface area contributed by atoms with E-state index in [-0.39, 0.29) is 0 Å². The molecular weight excluding hydrogens is 160 g/mol. The third-order valence-corrected chi connectivity index (χ3v) is 1.95. The van der Waals surface area contributed by atoms with E-state index in [9.17, 15) is 0 Å². The Labute approximate surface area is 83.9 Å². The molecule has 0 aliphatic carbocycles. The zero-order valence-electron chi connectivity index (χ0n) is 10.2. The number of ether oxygens (including phenoxy) is 1. The molecule has 0 rings (SSSR count). The molecule has 80 valence electrons. The van der Waals surface area contributed by atoms with Crippen LogP contribution in [0.15, 0.2) is 0 Å². The summed E-state index contributed by atoms with van der Waals surface area (Å²) in [5, 5.41) is 0. The summed E-state index contributed by atoms with van der Waals surface area (Å²) in [6.45, 7) is 14.2. The van der Waals surface area contributed by atoms with E-state index in [1.165, 1.54) is 12.8 Å². The van der Waals surface area contributed by atoms with Gasteiger partial charge >= 0.3 is 0 Å². The fourth-order valence-electron chi connectivity index (χ4n) is 1.04. The van der Waals surface area contributed by atoms with Crippen LogP contribution in [-0.2, 0) is 4.74 Å². The van der Waals surface area contributed by atoms with Gasteiger partial charge in [-0.25, -0.2) is 0 Å². The average molecular weight is 186 g/mol. The summed E-state index contributed by atoms with van der Waals surface area (Å²) >= 11 is 0. The van der Waals surface area contributed by atoms with Crippen molar-refractivity contribution < 1.29 is 4.74 Å². The second-order valence-corrected chi connectivity index (χ2v) is 5.65. The van der Waals surface area contributed by atoms with E-state index in [0.717, 1.165) is 12.5 Å². The Hall–Kier alpha value is -0.0400. The molecule has 0 aromatic rings. The molecule has 0 saturated heterocycles. The molecule has 0 spiro atoms. The van der Waals surface area contributed by atoms with Gasteiger partial charge in [-0.15, -0.1) is 0 Å². The number of rotatable bonds is 5. The molecule has 0 heterocycles. The van der Waals surface area contributed by atoms with E-state index < -0.39 is 0 Å². The third kappa shape index (κ3) is 9.88. The first-order valence-electron chi connectivity index (χ1n) is 5.43. The lowest BCUT2D eigenvalue weighted by atomic mass is 9.98. The highest BCUT2D eigenvalue weighted by molar-refractivity contribution is 4.61. The van der Waals surface area contributed by atoms with Crippen molar-refractivity contribution in [3.8, 4) is 0 Å². The molecule has 0 aliphatic rings. The van der Waals surface area contributed by atoms with Crippen molar-refractivity contribution >= 4 is 0 Å². The highest BCUT2D eigenvalue weighted by Crippen LogP contribution is 2.16. The summed E-state index contributed by atoms with van der Waals surface area (Å²) in [7, 11) is 0. The summed E-state index contributed by atoms with van der Waals surface area (Å²) < 4.78 is 5.76. The number of hydrogen-bond acceptors (Lipinski definition) is 1. The summed E-state index contributed by atoms with van der Waals surface area (Å²) in [4.78, 5) is 0. The second-order valence-electron chi connectivity index (χ2n) is 5.65. The van der Waals surface area contributed by atoms with Gasteiger partial charge in [-0.05, 0) is 31.1 Å². The molecule has 0 aromatic carbocycles. The summed E-state index contributed by atoms with van der Waals surface area (Å²) in [5.41, 5.74) is 0.298. The van der Waals surface area contributed by atoms with Crippen molar-refractivity contribution in [2.24, 2.45) is 11.3 Å². The van der Waals surface area contributed by atoms with Gasteiger partial charge in [0.1, 0.15) is 0 Å². The zero-order valence-corrected chi connectivity index (χ0v) is 10.2. The van der Waals surface area contributed by atoms with E-state index in [0.29, 0.717) is 11.5 Å². The highest BCUT2D eigenvalue weighted by atomic mass is 16.5. The maximum Gasteiger partial charge on any atom is 0.0547 e. The van der Waals surface area contributed by atoms with Gasteiger partial charge in [-0.2, -0.15) is 0 Å². The van der Waals surface area contributed by atoms with Crippen molar-refractivity contribution in [1.82, 2.24) is 0 Å². The van der Waals surface area contributed by atoms with Crippen molar-refractivity contribution in [2.45, 2.75) is 60.5 Å². The molecule has 1 nitrogen and oxygen atoms in total. The lowest BCUT2D eigenvalue weighted by molar-refractivity contribution is 0.0121. The average Bonchev–Trinajstić information content (AvgIpc) is 1.95. The van der Waals surface area contributed by atoms with E-state index in [4.69, 9.17) is 4.74 Å². The Morgan fingerprint density at radius 3 is 1.92 bits per heavy atom. The van der Waals surface area contributed by atoms with Crippen molar-refractivity contribution in [2.75, 3.05) is 6.61 Å². The first kappa shape index (κ1) is 13.0. The molecule has 0 N–H and O–H groups in total. The predicted molar refractivity (Wildman–Crippen MR) is 58.9 cm³/mol. The van der Waals surface area contributed by atoms with Gasteiger partial charge in [0, 0.05) is 0 Å². The molecule has 0 saturated carbocycles. The van der Waals surface area contributed by atoms with Crippen molar-refractivity contribution in [1.29, 1.82) is 0 Å². The van der Waals surface area contributed by atoms with E-state index in [2.05, 4.69) is 41.5 Å². The van der Waals surface area contributed by atoms with Gasteiger partial charge < -0.3 is 4.74 Å². The molecule has 13 heavy (non-hydrogen) atoms. The summed E-state index contributed by atoms with van der Waals surface area (Å²) in [6, 6.07) is 0. The predicted octanol–water partition coefficient (Wildman–Crippen LogP) is 3.87. The molecular formula is C12H26O. The van der Waals surface area contributed by atoms with Crippen molar-refractivity contribution in [3.63, 3.8) is 0 Å². The van der Waals surface area contributed by atoms with Gasteiger partial charge in [0.05, 0.1) is 12.7 Å². The van der Waals surface area contributed by atoms with Crippen LogP contribution >= 0.6 is 0 Å². The molecule has 1 atom stereocenters. The molecule has 0 bridgehead atoms. The van der Waals surface area contributed by atoms with Gasteiger partial charge in [-0.3, -0.25) is 0 Å². The fraction of sp³-hybridized carbons (Fsp3) is 1.00. The normalized spacial score (nSPS) is 15.0. The standard InChI is InChI=1S/C12H26O/c1-10(2)7-8-11(3)13-9-12(4,5)6/h10-11H,7-9H2,1-6H3. The smallest absolute Gasteiger partial charge is 0.0547 e. The topological polar surface area (TPSA) is 9.23 Å². The fourth-order valence-corrected chi connectivity index (χ4v) is 1.04. The van der Waals surface area contributed by atoms with Crippen LogP contribution in [0.25, 0.3) is 0 Å². The van der Waals surface area contributed by atoms with Crippen LogP contribution in [0, 0.1) is 11.3 Å². The molecule has 0 radical (unpaired) electrons. The SMILES string of the molecule is CC(C)CCC(C)OCC(C)(C)C. The van der Waals surface area contributed by atoms with Gasteiger partial charge in [0.25, 0.3) is 0 Å². The van der Waals surface area contributed by atoms with Crippen LogP contribution in [0.2, 0.25) is 0 Å². The van der Waals surface area contributed by atoms with E-state index in [1.54, 1.807) is 0 Å². The van der Waals surface area contributed by atoms with Crippen LogP contribution in [0.5, 0.6) is 0 Å². The Kier molecular flexibility index (Phi) is 5.62. The van der Waals surface area contributed by atoms with Gasteiger partial charge in [0.2, 0.25) is 0 Å². The first-order chi connectivity index (χ1) is 5.81. The molecule has 0 fully saturated rings. The second kappa shape index (κ2) is 5.64. The lowest BCUT2D eigenvalue weighted by Crippen LogP contribution is -2.20. The maximum absolute atomic E-state index is 5.76. The van der Waals surface area contributed by atoms with Crippen LogP contribution < -0.4 is 0 Å². The van der Waals surface area contributed by atoms with Crippen molar-refractivity contribution in [3.05, 3.63) is 0 Å². The van der Waals surface area contributed by atoms with Crippen LogP contribution in [0.1, 0.15) is 54.4 Å². The molecule has 0 aliphatic heterocycles.